The predicted molar refractivity (Wildman–Crippen MR) is 87.3 cm³/mol. The van der Waals surface area contributed by atoms with Crippen molar-refractivity contribution in [2.75, 3.05) is 33.7 Å². The van der Waals surface area contributed by atoms with Gasteiger partial charge in [0.25, 0.3) is 5.91 Å². The van der Waals surface area contributed by atoms with E-state index in [-0.39, 0.29) is 17.3 Å². The van der Waals surface area contributed by atoms with Crippen molar-refractivity contribution < 1.29 is 13.2 Å². The summed E-state index contributed by atoms with van der Waals surface area (Å²) >= 11 is 0. The maximum atomic E-state index is 11.9. The fraction of sp³-hybridized carbons (Fsp3) is 0.400. The lowest BCUT2D eigenvalue weighted by Gasteiger charge is -2.10. The Morgan fingerprint density at radius 2 is 1.91 bits per heavy atom. The number of amides is 1. The minimum atomic E-state index is -3.55. The third-order valence-corrected chi connectivity index (χ3v) is 4.35. The number of sulfonamides is 1. The summed E-state index contributed by atoms with van der Waals surface area (Å²) in [6.07, 6.45) is 2.32. The fourth-order valence-corrected chi connectivity index (χ4v) is 2.74. The minimum absolute atomic E-state index is 0.124. The van der Waals surface area contributed by atoms with E-state index in [1.54, 1.807) is 0 Å². The Morgan fingerprint density at radius 3 is 2.45 bits per heavy atom. The second-order valence-corrected chi connectivity index (χ2v) is 6.84. The van der Waals surface area contributed by atoms with Crippen molar-refractivity contribution in [2.45, 2.75) is 11.3 Å². The van der Waals surface area contributed by atoms with E-state index in [9.17, 15) is 13.2 Å². The molecule has 1 aromatic rings. The average molecular weight is 325 g/mol. The number of carbonyl (C=O) groups excluding carboxylic acids is 1. The van der Waals surface area contributed by atoms with Crippen LogP contribution in [0.25, 0.3) is 0 Å². The van der Waals surface area contributed by atoms with Gasteiger partial charge in [-0.2, -0.15) is 0 Å². The lowest BCUT2D eigenvalue weighted by molar-refractivity contribution is 0.0952. The third-order valence-electron chi connectivity index (χ3n) is 2.91. The summed E-state index contributed by atoms with van der Waals surface area (Å²) in [5.41, 5.74) is 0.438. The van der Waals surface area contributed by atoms with E-state index in [4.69, 9.17) is 0 Å². The van der Waals surface area contributed by atoms with Gasteiger partial charge in [-0.15, -0.1) is 6.58 Å². The molecule has 0 aliphatic carbocycles. The highest BCUT2D eigenvalue weighted by Crippen LogP contribution is 2.10. The number of nitrogens with one attached hydrogen (secondary N) is 2. The van der Waals surface area contributed by atoms with Gasteiger partial charge in [0.2, 0.25) is 10.0 Å². The fourth-order valence-electron chi connectivity index (χ4n) is 1.74. The van der Waals surface area contributed by atoms with Crippen LogP contribution < -0.4 is 10.0 Å². The van der Waals surface area contributed by atoms with Crippen molar-refractivity contribution in [2.24, 2.45) is 0 Å². The quantitative estimate of drug-likeness (QED) is 0.521. The summed E-state index contributed by atoms with van der Waals surface area (Å²) in [4.78, 5) is 14.1. The van der Waals surface area contributed by atoms with Crippen LogP contribution in [0.3, 0.4) is 0 Å². The highest BCUT2D eigenvalue weighted by molar-refractivity contribution is 7.89. The largest absolute Gasteiger partial charge is 0.352 e. The Morgan fingerprint density at radius 1 is 1.27 bits per heavy atom. The first-order chi connectivity index (χ1) is 10.4. The van der Waals surface area contributed by atoms with Gasteiger partial charge in [-0.3, -0.25) is 4.79 Å². The summed E-state index contributed by atoms with van der Waals surface area (Å²) in [7, 11) is 0.393. The zero-order chi connectivity index (χ0) is 16.6. The van der Waals surface area contributed by atoms with Crippen molar-refractivity contribution in [3.63, 3.8) is 0 Å². The molecule has 0 heterocycles. The average Bonchev–Trinajstić information content (AvgIpc) is 2.49. The van der Waals surface area contributed by atoms with Crippen LogP contribution in [0.4, 0.5) is 0 Å². The Bertz CT molecular complexity index is 595. The Labute approximate surface area is 132 Å². The van der Waals surface area contributed by atoms with Crippen LogP contribution >= 0.6 is 0 Å². The molecule has 22 heavy (non-hydrogen) atoms. The van der Waals surface area contributed by atoms with Gasteiger partial charge in [0, 0.05) is 18.7 Å². The van der Waals surface area contributed by atoms with Gasteiger partial charge in [-0.1, -0.05) is 6.08 Å². The molecule has 6 nitrogen and oxygen atoms in total. The minimum Gasteiger partial charge on any atom is -0.352 e. The van der Waals surface area contributed by atoms with Crippen molar-refractivity contribution in [1.29, 1.82) is 0 Å². The molecule has 0 unspecified atom stereocenters. The lowest BCUT2D eigenvalue weighted by Crippen LogP contribution is -2.27. The number of hydrogen-bond donors (Lipinski definition) is 2. The zero-order valence-corrected chi connectivity index (χ0v) is 13.8. The molecule has 122 valence electrons. The maximum Gasteiger partial charge on any atom is 0.251 e. The second-order valence-electron chi connectivity index (χ2n) is 5.08. The zero-order valence-electron chi connectivity index (χ0n) is 13.0. The first-order valence-electron chi connectivity index (χ1n) is 7.00. The second kappa shape index (κ2) is 8.67. The normalized spacial score (nSPS) is 11.4. The molecule has 0 aromatic heterocycles. The van der Waals surface area contributed by atoms with Crippen LogP contribution in [0.1, 0.15) is 16.8 Å². The number of rotatable bonds is 9. The highest BCUT2D eigenvalue weighted by atomic mass is 32.2. The summed E-state index contributed by atoms with van der Waals surface area (Å²) in [5, 5.41) is 2.80. The van der Waals surface area contributed by atoms with E-state index in [1.165, 1.54) is 30.3 Å². The topological polar surface area (TPSA) is 78.5 Å². The Balaban J connectivity index is 2.60. The van der Waals surface area contributed by atoms with Crippen LogP contribution in [0.2, 0.25) is 0 Å². The van der Waals surface area contributed by atoms with E-state index < -0.39 is 10.0 Å². The summed E-state index contributed by atoms with van der Waals surface area (Å²) in [6.45, 7) is 5.10. The number of benzene rings is 1. The molecule has 0 fully saturated rings. The van der Waals surface area contributed by atoms with E-state index in [1.807, 2.05) is 19.0 Å². The highest BCUT2D eigenvalue weighted by Gasteiger charge is 2.13. The molecule has 0 saturated heterocycles. The molecule has 0 bridgehead atoms. The molecule has 2 N–H and O–H groups in total. The van der Waals surface area contributed by atoms with E-state index in [0.717, 1.165) is 13.0 Å². The Kier molecular flexibility index (Phi) is 7.23. The van der Waals surface area contributed by atoms with Gasteiger partial charge in [0.05, 0.1) is 4.90 Å². The third kappa shape index (κ3) is 5.97. The number of carbonyl (C=O) groups is 1. The standard InChI is InChI=1S/C15H23N3O3S/c1-4-10-17-22(20,21)14-8-6-13(7-9-14)15(19)16-11-5-12-18(2)3/h4,6-9,17H,1,5,10-12H2,2-3H3,(H,16,19). The van der Waals surface area contributed by atoms with Gasteiger partial charge in [0.15, 0.2) is 0 Å². The maximum absolute atomic E-state index is 11.9. The van der Waals surface area contributed by atoms with Crippen LogP contribution in [-0.4, -0.2) is 53.0 Å². The molecule has 1 amide bonds. The molecule has 0 aliphatic rings. The van der Waals surface area contributed by atoms with E-state index in [2.05, 4.69) is 16.6 Å². The summed E-state index contributed by atoms with van der Waals surface area (Å²) in [6, 6.07) is 5.84. The van der Waals surface area contributed by atoms with Gasteiger partial charge in [-0.25, -0.2) is 13.1 Å². The van der Waals surface area contributed by atoms with Gasteiger partial charge < -0.3 is 10.2 Å². The SMILES string of the molecule is C=CCNS(=O)(=O)c1ccc(C(=O)NCCCN(C)C)cc1. The van der Waals surface area contributed by atoms with Crippen molar-refractivity contribution in [1.82, 2.24) is 14.9 Å². The molecule has 0 atom stereocenters. The van der Waals surface area contributed by atoms with E-state index in [0.29, 0.717) is 12.1 Å². The van der Waals surface area contributed by atoms with Crippen LogP contribution in [0.5, 0.6) is 0 Å². The molecule has 1 aromatic carbocycles. The predicted octanol–water partition coefficient (Wildman–Crippen LogP) is 0.832. The van der Waals surface area contributed by atoms with Crippen LogP contribution in [0.15, 0.2) is 41.8 Å². The molecule has 0 saturated carbocycles. The molecule has 1 rings (SSSR count). The Hall–Kier alpha value is -1.70. The first kappa shape index (κ1) is 18.3. The van der Waals surface area contributed by atoms with Gasteiger partial charge in [0.1, 0.15) is 0 Å². The van der Waals surface area contributed by atoms with Crippen molar-refractivity contribution in [3.8, 4) is 0 Å². The van der Waals surface area contributed by atoms with Gasteiger partial charge in [-0.05, 0) is 51.3 Å². The van der Waals surface area contributed by atoms with Crippen LogP contribution in [0, 0.1) is 0 Å². The molecule has 0 spiro atoms. The number of nitrogens with zero attached hydrogens (tertiary/aromatic N) is 1. The monoisotopic (exact) mass is 325 g/mol. The molecule has 0 aliphatic heterocycles. The number of hydrogen-bond acceptors (Lipinski definition) is 4. The van der Waals surface area contributed by atoms with E-state index >= 15 is 0 Å². The summed E-state index contributed by atoms with van der Waals surface area (Å²) < 4.78 is 26.1. The molecular formula is C15H23N3O3S. The first-order valence-corrected chi connectivity index (χ1v) is 8.48. The van der Waals surface area contributed by atoms with Crippen molar-refractivity contribution in [3.05, 3.63) is 42.5 Å². The molecular weight excluding hydrogens is 302 g/mol. The van der Waals surface area contributed by atoms with Gasteiger partial charge >= 0.3 is 0 Å². The lowest BCUT2D eigenvalue weighted by atomic mass is 10.2. The molecule has 0 radical (unpaired) electrons. The smallest absolute Gasteiger partial charge is 0.251 e. The van der Waals surface area contributed by atoms with Crippen molar-refractivity contribution >= 4 is 15.9 Å². The molecule has 7 heteroatoms. The van der Waals surface area contributed by atoms with Crippen LogP contribution in [-0.2, 0) is 10.0 Å². The summed E-state index contributed by atoms with van der Waals surface area (Å²) in [5.74, 6) is -0.207.